The van der Waals surface area contributed by atoms with Gasteiger partial charge in [-0.15, -0.1) is 0 Å². The van der Waals surface area contributed by atoms with Gasteiger partial charge in [0.25, 0.3) is 0 Å². The van der Waals surface area contributed by atoms with Crippen molar-refractivity contribution in [3.05, 3.63) is 0 Å². The highest BCUT2D eigenvalue weighted by atomic mass is 16.3. The third kappa shape index (κ3) is 3.69. The highest BCUT2D eigenvalue weighted by Crippen LogP contribution is 2.21. The Labute approximate surface area is 110 Å². The van der Waals surface area contributed by atoms with Gasteiger partial charge in [-0.05, 0) is 38.5 Å². The molecule has 2 rings (SSSR count). The third-order valence-electron chi connectivity index (χ3n) is 4.47. The predicted molar refractivity (Wildman–Crippen MR) is 71.2 cm³/mol. The van der Waals surface area contributed by atoms with Crippen molar-refractivity contribution < 1.29 is 9.90 Å². The summed E-state index contributed by atoms with van der Waals surface area (Å²) in [6.45, 7) is 3.95. The number of rotatable bonds is 4. The van der Waals surface area contributed by atoms with Crippen molar-refractivity contribution in [1.29, 1.82) is 0 Å². The Morgan fingerprint density at radius 1 is 1.28 bits per heavy atom. The molecule has 4 nitrogen and oxygen atoms in total. The molecule has 1 saturated carbocycles. The molecular weight excluding hydrogens is 228 g/mol. The van der Waals surface area contributed by atoms with Gasteiger partial charge in [0.05, 0.1) is 12.6 Å². The van der Waals surface area contributed by atoms with Crippen LogP contribution in [0.5, 0.6) is 0 Å². The van der Waals surface area contributed by atoms with E-state index < -0.39 is 0 Å². The predicted octanol–water partition coefficient (Wildman–Crippen LogP) is 1.14. The number of aliphatic hydroxyl groups excluding tert-OH is 1. The highest BCUT2D eigenvalue weighted by Gasteiger charge is 2.25. The second-order valence-electron chi connectivity index (χ2n) is 5.82. The van der Waals surface area contributed by atoms with Gasteiger partial charge in [0.2, 0.25) is 5.91 Å². The van der Waals surface area contributed by atoms with E-state index in [4.69, 9.17) is 0 Å². The zero-order chi connectivity index (χ0) is 13.0. The van der Waals surface area contributed by atoms with Crippen molar-refractivity contribution in [3.8, 4) is 0 Å². The Hall–Kier alpha value is -0.610. The number of carbonyl (C=O) groups is 1. The number of nitrogens with one attached hydrogen (secondary N) is 1. The lowest BCUT2D eigenvalue weighted by molar-refractivity contribution is -0.132. The molecule has 1 heterocycles. The molecule has 18 heavy (non-hydrogen) atoms. The van der Waals surface area contributed by atoms with Crippen molar-refractivity contribution >= 4 is 5.91 Å². The number of amides is 1. The van der Waals surface area contributed by atoms with Gasteiger partial charge in [0, 0.05) is 19.1 Å². The first-order valence-corrected chi connectivity index (χ1v) is 7.36. The molecule has 1 atom stereocenters. The molecule has 0 spiro atoms. The average molecular weight is 254 g/mol. The second-order valence-corrected chi connectivity index (χ2v) is 5.82. The van der Waals surface area contributed by atoms with Gasteiger partial charge in [-0.3, -0.25) is 4.79 Å². The van der Waals surface area contributed by atoms with Crippen LogP contribution in [-0.2, 0) is 4.79 Å². The van der Waals surface area contributed by atoms with Crippen LogP contribution >= 0.6 is 0 Å². The Kier molecular flexibility index (Phi) is 5.01. The quantitative estimate of drug-likeness (QED) is 0.791. The lowest BCUT2D eigenvalue weighted by Crippen LogP contribution is -2.45. The number of hydrogen-bond donors (Lipinski definition) is 2. The van der Waals surface area contributed by atoms with Gasteiger partial charge in [0.1, 0.15) is 0 Å². The number of nitrogens with zero attached hydrogens (tertiary/aromatic N) is 1. The molecule has 2 aliphatic rings. The zero-order valence-corrected chi connectivity index (χ0v) is 11.4. The van der Waals surface area contributed by atoms with Crippen LogP contribution in [0.25, 0.3) is 0 Å². The molecule has 0 bridgehead atoms. The molecule has 0 radical (unpaired) electrons. The van der Waals surface area contributed by atoms with Gasteiger partial charge in [-0.1, -0.05) is 12.8 Å². The molecule has 104 valence electrons. The standard InChI is InChI=1S/C14H26N2O2/c1-11(17)12-6-8-16(9-7-12)14(18)10-15-13-4-2-3-5-13/h11-13,15,17H,2-10H2,1H3. The summed E-state index contributed by atoms with van der Waals surface area (Å²) in [7, 11) is 0. The molecular formula is C14H26N2O2. The van der Waals surface area contributed by atoms with E-state index in [1.165, 1.54) is 25.7 Å². The summed E-state index contributed by atoms with van der Waals surface area (Å²) in [6, 6.07) is 0.559. The van der Waals surface area contributed by atoms with E-state index in [9.17, 15) is 9.90 Å². The summed E-state index contributed by atoms with van der Waals surface area (Å²) >= 11 is 0. The maximum atomic E-state index is 12.0. The lowest BCUT2D eigenvalue weighted by Gasteiger charge is -2.33. The fourth-order valence-electron chi connectivity index (χ4n) is 3.10. The number of likely N-dealkylation sites (tertiary alicyclic amines) is 1. The van der Waals surface area contributed by atoms with Crippen molar-refractivity contribution in [2.75, 3.05) is 19.6 Å². The molecule has 2 N–H and O–H groups in total. The van der Waals surface area contributed by atoms with Crippen LogP contribution in [0.1, 0.15) is 45.4 Å². The van der Waals surface area contributed by atoms with E-state index in [0.29, 0.717) is 18.5 Å². The molecule has 0 aromatic rings. The van der Waals surface area contributed by atoms with Gasteiger partial charge in [-0.25, -0.2) is 0 Å². The number of piperidine rings is 1. The first kappa shape index (κ1) is 13.8. The molecule has 1 unspecified atom stereocenters. The van der Waals surface area contributed by atoms with E-state index >= 15 is 0 Å². The van der Waals surface area contributed by atoms with E-state index in [1.54, 1.807) is 0 Å². The summed E-state index contributed by atoms with van der Waals surface area (Å²) in [6.07, 6.45) is 6.67. The van der Waals surface area contributed by atoms with E-state index in [2.05, 4.69) is 5.32 Å². The highest BCUT2D eigenvalue weighted by molar-refractivity contribution is 5.78. The molecule has 2 fully saturated rings. The molecule has 1 saturated heterocycles. The molecule has 4 heteroatoms. The number of hydrogen-bond acceptors (Lipinski definition) is 3. The molecule has 0 aromatic heterocycles. The van der Waals surface area contributed by atoms with Crippen molar-refractivity contribution in [2.45, 2.75) is 57.6 Å². The van der Waals surface area contributed by atoms with E-state index in [-0.39, 0.29) is 12.0 Å². The summed E-state index contributed by atoms with van der Waals surface area (Å²) < 4.78 is 0. The van der Waals surface area contributed by atoms with Gasteiger partial charge in [-0.2, -0.15) is 0 Å². The van der Waals surface area contributed by atoms with Crippen molar-refractivity contribution in [2.24, 2.45) is 5.92 Å². The minimum absolute atomic E-state index is 0.228. The minimum Gasteiger partial charge on any atom is -0.393 e. The van der Waals surface area contributed by atoms with Gasteiger partial charge < -0.3 is 15.3 Å². The van der Waals surface area contributed by atoms with E-state index in [1.807, 2.05) is 11.8 Å². The summed E-state index contributed by atoms with van der Waals surface area (Å²) in [5.74, 6) is 0.600. The Morgan fingerprint density at radius 3 is 2.44 bits per heavy atom. The third-order valence-corrected chi connectivity index (χ3v) is 4.47. The van der Waals surface area contributed by atoms with Crippen molar-refractivity contribution in [3.63, 3.8) is 0 Å². The molecule has 1 aliphatic carbocycles. The van der Waals surface area contributed by atoms with Gasteiger partial charge in [0.15, 0.2) is 0 Å². The van der Waals surface area contributed by atoms with Crippen LogP contribution in [0.2, 0.25) is 0 Å². The smallest absolute Gasteiger partial charge is 0.236 e. The van der Waals surface area contributed by atoms with Crippen LogP contribution in [0.3, 0.4) is 0 Å². The first-order valence-electron chi connectivity index (χ1n) is 7.36. The average Bonchev–Trinajstić information content (AvgIpc) is 2.89. The van der Waals surface area contributed by atoms with Crippen LogP contribution in [-0.4, -0.2) is 47.7 Å². The fraction of sp³-hybridized carbons (Fsp3) is 0.929. The lowest BCUT2D eigenvalue weighted by atomic mass is 9.92. The molecule has 0 aromatic carbocycles. The maximum Gasteiger partial charge on any atom is 0.236 e. The zero-order valence-electron chi connectivity index (χ0n) is 11.4. The second kappa shape index (κ2) is 6.53. The van der Waals surface area contributed by atoms with Gasteiger partial charge >= 0.3 is 0 Å². The minimum atomic E-state index is -0.237. The van der Waals surface area contributed by atoms with Crippen LogP contribution in [0, 0.1) is 5.92 Å². The number of carbonyl (C=O) groups excluding carboxylic acids is 1. The summed E-state index contributed by atoms with van der Waals surface area (Å²) in [4.78, 5) is 14.0. The normalized spacial score (nSPS) is 24.4. The molecule has 1 amide bonds. The van der Waals surface area contributed by atoms with Crippen LogP contribution < -0.4 is 5.32 Å². The Morgan fingerprint density at radius 2 is 1.89 bits per heavy atom. The monoisotopic (exact) mass is 254 g/mol. The SMILES string of the molecule is CC(O)C1CCN(C(=O)CNC2CCCC2)CC1. The molecule has 1 aliphatic heterocycles. The Balaban J connectivity index is 1.67. The first-order chi connectivity index (χ1) is 8.66. The fourth-order valence-corrected chi connectivity index (χ4v) is 3.10. The Bertz CT molecular complexity index is 267. The maximum absolute atomic E-state index is 12.0. The largest absolute Gasteiger partial charge is 0.393 e. The van der Waals surface area contributed by atoms with Crippen molar-refractivity contribution in [1.82, 2.24) is 10.2 Å². The topological polar surface area (TPSA) is 52.6 Å². The van der Waals surface area contributed by atoms with E-state index in [0.717, 1.165) is 25.9 Å². The summed E-state index contributed by atoms with van der Waals surface area (Å²) in [5, 5.41) is 12.9. The number of aliphatic hydroxyl groups is 1. The van der Waals surface area contributed by atoms with Crippen LogP contribution in [0.15, 0.2) is 0 Å². The summed E-state index contributed by atoms with van der Waals surface area (Å²) in [5.41, 5.74) is 0. The van der Waals surface area contributed by atoms with Crippen LogP contribution in [0.4, 0.5) is 0 Å².